The molecule has 2 unspecified atom stereocenters. The molecule has 122 valence electrons. The summed E-state index contributed by atoms with van der Waals surface area (Å²) >= 11 is 0. The van der Waals surface area contributed by atoms with Gasteiger partial charge in [-0.05, 0) is 36.5 Å². The van der Waals surface area contributed by atoms with Crippen LogP contribution in [0.2, 0.25) is 0 Å². The van der Waals surface area contributed by atoms with E-state index in [1.165, 1.54) is 0 Å². The third-order valence-corrected chi connectivity index (χ3v) is 4.68. The molecule has 4 heteroatoms. The molecule has 1 aromatic carbocycles. The van der Waals surface area contributed by atoms with Crippen LogP contribution in [0.3, 0.4) is 0 Å². The van der Waals surface area contributed by atoms with Gasteiger partial charge in [-0.15, -0.1) is 0 Å². The number of nitrogens with two attached hydrogens (primary N) is 1. The summed E-state index contributed by atoms with van der Waals surface area (Å²) in [6, 6.07) is 7.71. The Morgan fingerprint density at radius 2 is 2.00 bits per heavy atom. The van der Waals surface area contributed by atoms with Crippen molar-refractivity contribution in [1.82, 2.24) is 5.32 Å². The summed E-state index contributed by atoms with van der Waals surface area (Å²) in [7, 11) is 0. The minimum Gasteiger partial charge on any atom is -0.378 e. The van der Waals surface area contributed by atoms with Crippen molar-refractivity contribution < 1.29 is 9.53 Å². The Morgan fingerprint density at radius 1 is 1.32 bits per heavy atom. The lowest BCUT2D eigenvalue weighted by Gasteiger charge is -2.34. The number of hydrogen-bond acceptors (Lipinski definition) is 3. The van der Waals surface area contributed by atoms with Gasteiger partial charge in [0.2, 0.25) is 0 Å². The fourth-order valence-electron chi connectivity index (χ4n) is 3.16. The molecule has 2 atom stereocenters. The first kappa shape index (κ1) is 17.0. The number of benzene rings is 1. The quantitative estimate of drug-likeness (QED) is 0.849. The summed E-state index contributed by atoms with van der Waals surface area (Å²) in [6.45, 7) is 5.65. The zero-order valence-electron chi connectivity index (χ0n) is 13.7. The smallest absolute Gasteiger partial charge is 0.251 e. The van der Waals surface area contributed by atoms with Gasteiger partial charge < -0.3 is 15.8 Å². The van der Waals surface area contributed by atoms with Crippen LogP contribution in [0.15, 0.2) is 24.3 Å². The van der Waals surface area contributed by atoms with Crippen LogP contribution < -0.4 is 11.1 Å². The van der Waals surface area contributed by atoms with Gasteiger partial charge in [-0.25, -0.2) is 0 Å². The van der Waals surface area contributed by atoms with E-state index >= 15 is 0 Å². The maximum absolute atomic E-state index is 12.3. The van der Waals surface area contributed by atoms with Crippen molar-refractivity contribution in [2.75, 3.05) is 6.61 Å². The van der Waals surface area contributed by atoms with Gasteiger partial charge in [0.25, 0.3) is 5.91 Å². The van der Waals surface area contributed by atoms with Crippen molar-refractivity contribution in [3.63, 3.8) is 0 Å². The predicted octanol–water partition coefficient (Wildman–Crippen LogP) is 2.86. The fourth-order valence-corrected chi connectivity index (χ4v) is 3.16. The second-order valence-electron chi connectivity index (χ2n) is 6.08. The van der Waals surface area contributed by atoms with Crippen LogP contribution in [0.1, 0.15) is 55.5 Å². The summed E-state index contributed by atoms with van der Waals surface area (Å²) in [5, 5.41) is 3.16. The van der Waals surface area contributed by atoms with Gasteiger partial charge in [-0.1, -0.05) is 38.8 Å². The second kappa shape index (κ2) is 8.30. The van der Waals surface area contributed by atoms with E-state index in [1.54, 1.807) is 0 Å². The first-order valence-corrected chi connectivity index (χ1v) is 8.39. The first-order chi connectivity index (χ1) is 10.7. The number of hydrogen-bond donors (Lipinski definition) is 2. The highest BCUT2D eigenvalue weighted by Crippen LogP contribution is 2.25. The Morgan fingerprint density at radius 3 is 2.59 bits per heavy atom. The Kier molecular flexibility index (Phi) is 6.40. The van der Waals surface area contributed by atoms with Crippen molar-refractivity contribution in [2.45, 2.75) is 58.2 Å². The molecule has 1 amide bonds. The van der Waals surface area contributed by atoms with Gasteiger partial charge in [0.15, 0.2) is 0 Å². The van der Waals surface area contributed by atoms with Crippen molar-refractivity contribution in [3.05, 3.63) is 35.4 Å². The number of ether oxygens (including phenoxy) is 1. The topological polar surface area (TPSA) is 64.4 Å². The Hall–Kier alpha value is -1.39. The van der Waals surface area contributed by atoms with E-state index in [9.17, 15) is 4.79 Å². The minimum atomic E-state index is -0.00114. The Bertz CT molecular complexity index is 468. The number of nitrogens with one attached hydrogen (secondary N) is 1. The van der Waals surface area contributed by atoms with E-state index in [-0.39, 0.29) is 18.1 Å². The molecule has 0 aliphatic carbocycles. The second-order valence-corrected chi connectivity index (χ2v) is 6.08. The van der Waals surface area contributed by atoms with Crippen molar-refractivity contribution >= 4 is 5.91 Å². The molecule has 22 heavy (non-hydrogen) atoms. The summed E-state index contributed by atoms with van der Waals surface area (Å²) in [5.41, 5.74) is 7.32. The number of carbonyl (C=O) groups is 1. The van der Waals surface area contributed by atoms with Gasteiger partial charge in [0, 0.05) is 24.8 Å². The van der Waals surface area contributed by atoms with Crippen LogP contribution in [0.4, 0.5) is 0 Å². The molecule has 0 radical (unpaired) electrons. The molecular weight excluding hydrogens is 276 g/mol. The maximum Gasteiger partial charge on any atom is 0.251 e. The SMILES string of the molecule is CCC(CC)C1CC(NC(=O)c2ccc(CN)cc2)CCO1. The van der Waals surface area contributed by atoms with Crippen LogP contribution in [-0.4, -0.2) is 24.7 Å². The number of carbonyl (C=O) groups excluding carboxylic acids is 1. The molecule has 1 saturated heterocycles. The summed E-state index contributed by atoms with van der Waals surface area (Å²) in [5.74, 6) is 0.585. The molecule has 1 heterocycles. The molecule has 3 N–H and O–H groups in total. The fraction of sp³-hybridized carbons (Fsp3) is 0.611. The molecule has 0 bridgehead atoms. The molecule has 1 aliphatic rings. The summed E-state index contributed by atoms with van der Waals surface area (Å²) in [6.07, 6.45) is 4.33. The zero-order chi connectivity index (χ0) is 15.9. The van der Waals surface area contributed by atoms with E-state index in [4.69, 9.17) is 10.5 Å². The number of amides is 1. The Labute approximate surface area is 133 Å². The molecule has 1 aliphatic heterocycles. The third kappa shape index (κ3) is 4.31. The molecular formula is C18H28N2O2. The van der Waals surface area contributed by atoms with Crippen LogP contribution in [0.25, 0.3) is 0 Å². The van der Waals surface area contributed by atoms with E-state index in [0.29, 0.717) is 18.0 Å². The Balaban J connectivity index is 1.92. The molecule has 0 saturated carbocycles. The minimum absolute atomic E-state index is 0.00114. The van der Waals surface area contributed by atoms with Crippen LogP contribution in [0, 0.1) is 5.92 Å². The monoisotopic (exact) mass is 304 g/mol. The molecule has 0 spiro atoms. The lowest BCUT2D eigenvalue weighted by atomic mass is 9.89. The van der Waals surface area contributed by atoms with E-state index < -0.39 is 0 Å². The van der Waals surface area contributed by atoms with Crippen LogP contribution in [-0.2, 0) is 11.3 Å². The van der Waals surface area contributed by atoms with Crippen molar-refractivity contribution in [2.24, 2.45) is 11.7 Å². The average molecular weight is 304 g/mol. The van der Waals surface area contributed by atoms with Gasteiger partial charge >= 0.3 is 0 Å². The van der Waals surface area contributed by atoms with Crippen LogP contribution >= 0.6 is 0 Å². The lowest BCUT2D eigenvalue weighted by Crippen LogP contribution is -2.44. The molecule has 1 fully saturated rings. The average Bonchev–Trinajstić information content (AvgIpc) is 2.56. The van der Waals surface area contributed by atoms with Crippen LogP contribution in [0.5, 0.6) is 0 Å². The highest BCUT2D eigenvalue weighted by Gasteiger charge is 2.28. The number of rotatable bonds is 6. The normalized spacial score (nSPS) is 21.8. The molecule has 2 rings (SSSR count). The van der Waals surface area contributed by atoms with Gasteiger partial charge in [-0.2, -0.15) is 0 Å². The van der Waals surface area contributed by atoms with Gasteiger partial charge in [0.1, 0.15) is 0 Å². The first-order valence-electron chi connectivity index (χ1n) is 8.39. The standard InChI is InChI=1S/C18H28N2O2/c1-3-14(4-2)17-11-16(9-10-22-17)20-18(21)15-7-5-13(12-19)6-8-15/h5-8,14,16-17H,3-4,9-12,19H2,1-2H3,(H,20,21). The van der Waals surface area contributed by atoms with E-state index in [2.05, 4.69) is 19.2 Å². The van der Waals surface area contributed by atoms with Gasteiger partial charge in [-0.3, -0.25) is 4.79 Å². The summed E-state index contributed by atoms with van der Waals surface area (Å²) < 4.78 is 5.90. The zero-order valence-corrected chi connectivity index (χ0v) is 13.7. The molecule has 1 aromatic rings. The largest absolute Gasteiger partial charge is 0.378 e. The van der Waals surface area contributed by atoms with E-state index in [1.807, 2.05) is 24.3 Å². The lowest BCUT2D eigenvalue weighted by molar-refractivity contribution is -0.0337. The predicted molar refractivity (Wildman–Crippen MR) is 88.6 cm³/mol. The molecule has 4 nitrogen and oxygen atoms in total. The van der Waals surface area contributed by atoms with Crippen molar-refractivity contribution in [1.29, 1.82) is 0 Å². The van der Waals surface area contributed by atoms with Gasteiger partial charge in [0.05, 0.1) is 6.10 Å². The highest BCUT2D eigenvalue weighted by molar-refractivity contribution is 5.94. The van der Waals surface area contributed by atoms with Crippen molar-refractivity contribution in [3.8, 4) is 0 Å². The third-order valence-electron chi connectivity index (χ3n) is 4.68. The maximum atomic E-state index is 12.3. The molecule has 0 aromatic heterocycles. The van der Waals surface area contributed by atoms with E-state index in [0.717, 1.165) is 37.9 Å². The summed E-state index contributed by atoms with van der Waals surface area (Å²) in [4.78, 5) is 12.3. The highest BCUT2D eigenvalue weighted by atomic mass is 16.5.